The predicted molar refractivity (Wildman–Crippen MR) is 35.5 cm³/mol. The van der Waals surface area contributed by atoms with Gasteiger partial charge in [0.1, 0.15) is 0 Å². The number of carbonyl (C=O) groups excluding carboxylic acids is 1. The van der Waals surface area contributed by atoms with Gasteiger partial charge in [-0.15, -0.1) is 0 Å². The van der Waals surface area contributed by atoms with Crippen LogP contribution in [0.4, 0.5) is 13.2 Å². The summed E-state index contributed by atoms with van der Waals surface area (Å²) in [6.45, 7) is 0.0781. The van der Waals surface area contributed by atoms with Gasteiger partial charge in [-0.3, -0.25) is 9.69 Å². The molecular formula is C6H9F3N2O. The van der Waals surface area contributed by atoms with Crippen molar-refractivity contribution in [2.75, 3.05) is 19.6 Å². The van der Waals surface area contributed by atoms with E-state index >= 15 is 0 Å². The SMILES string of the molecule is O=C1CN(C(F)C(F)F)CCN1. The molecule has 0 bridgehead atoms. The van der Waals surface area contributed by atoms with Gasteiger partial charge in [0.2, 0.25) is 12.2 Å². The Morgan fingerprint density at radius 2 is 2.08 bits per heavy atom. The molecule has 12 heavy (non-hydrogen) atoms. The van der Waals surface area contributed by atoms with Gasteiger partial charge < -0.3 is 5.32 Å². The van der Waals surface area contributed by atoms with Gasteiger partial charge in [-0.25, -0.2) is 13.2 Å². The summed E-state index contributed by atoms with van der Waals surface area (Å²) in [6.07, 6.45) is -5.37. The van der Waals surface area contributed by atoms with Gasteiger partial charge in [0.25, 0.3) is 6.43 Å². The van der Waals surface area contributed by atoms with E-state index in [4.69, 9.17) is 0 Å². The lowest BCUT2D eigenvalue weighted by atomic mass is 10.3. The molecule has 1 heterocycles. The van der Waals surface area contributed by atoms with E-state index in [2.05, 4.69) is 5.32 Å². The van der Waals surface area contributed by atoms with Crippen LogP contribution in [-0.2, 0) is 4.79 Å². The van der Waals surface area contributed by atoms with Gasteiger partial charge in [0, 0.05) is 13.1 Å². The van der Waals surface area contributed by atoms with Gasteiger partial charge in [-0.05, 0) is 0 Å². The zero-order valence-electron chi connectivity index (χ0n) is 6.27. The lowest BCUT2D eigenvalue weighted by Crippen LogP contribution is -2.52. The first-order valence-electron chi connectivity index (χ1n) is 3.54. The molecule has 1 aliphatic heterocycles. The molecule has 1 unspecified atom stereocenters. The molecule has 1 amide bonds. The number of nitrogens with one attached hydrogen (secondary N) is 1. The second-order valence-corrected chi connectivity index (χ2v) is 2.53. The highest BCUT2D eigenvalue weighted by atomic mass is 19.3. The minimum absolute atomic E-state index is 0.136. The van der Waals surface area contributed by atoms with E-state index in [0.717, 1.165) is 4.90 Å². The number of hydrogen-bond acceptors (Lipinski definition) is 2. The van der Waals surface area contributed by atoms with Crippen molar-refractivity contribution in [3.63, 3.8) is 0 Å². The van der Waals surface area contributed by atoms with Crippen LogP contribution in [0.5, 0.6) is 0 Å². The van der Waals surface area contributed by atoms with Gasteiger partial charge >= 0.3 is 0 Å². The third-order valence-electron chi connectivity index (χ3n) is 1.62. The molecule has 6 heteroatoms. The Bertz CT molecular complexity index is 176. The van der Waals surface area contributed by atoms with Crippen molar-refractivity contribution < 1.29 is 18.0 Å². The zero-order valence-corrected chi connectivity index (χ0v) is 6.27. The maximum atomic E-state index is 12.6. The third-order valence-corrected chi connectivity index (χ3v) is 1.62. The van der Waals surface area contributed by atoms with Gasteiger partial charge in [-0.2, -0.15) is 0 Å². The van der Waals surface area contributed by atoms with E-state index in [1.807, 2.05) is 0 Å². The average Bonchev–Trinajstić information content (AvgIpc) is 2.03. The maximum Gasteiger partial charge on any atom is 0.282 e. The van der Waals surface area contributed by atoms with Crippen LogP contribution in [0.2, 0.25) is 0 Å². The number of hydrogen-bond donors (Lipinski definition) is 1. The van der Waals surface area contributed by atoms with Crippen molar-refractivity contribution in [2.24, 2.45) is 0 Å². The first-order chi connectivity index (χ1) is 5.61. The van der Waals surface area contributed by atoms with E-state index < -0.39 is 18.6 Å². The van der Waals surface area contributed by atoms with Crippen LogP contribution in [0.1, 0.15) is 0 Å². The van der Waals surface area contributed by atoms with Crippen molar-refractivity contribution in [3.8, 4) is 0 Å². The van der Waals surface area contributed by atoms with Gasteiger partial charge in [0.05, 0.1) is 6.54 Å². The monoisotopic (exact) mass is 182 g/mol. The number of rotatable bonds is 2. The standard InChI is InChI=1S/C6H9F3N2O/c7-5(8)6(9)11-2-1-10-4(12)3-11/h5-6H,1-3H2,(H,10,12). The van der Waals surface area contributed by atoms with Crippen LogP contribution in [0.25, 0.3) is 0 Å². The molecule has 0 aromatic rings. The Hall–Kier alpha value is -0.780. The highest BCUT2D eigenvalue weighted by Crippen LogP contribution is 2.11. The molecular weight excluding hydrogens is 173 g/mol. The Morgan fingerprint density at radius 3 is 2.58 bits per heavy atom. The predicted octanol–water partition coefficient (Wildman–Crippen LogP) is -0.0211. The molecule has 0 radical (unpaired) electrons. The highest BCUT2D eigenvalue weighted by Gasteiger charge is 2.30. The van der Waals surface area contributed by atoms with E-state index in [1.165, 1.54) is 0 Å². The summed E-state index contributed by atoms with van der Waals surface area (Å²) >= 11 is 0. The summed E-state index contributed by atoms with van der Waals surface area (Å²) < 4.78 is 36.2. The molecule has 1 fully saturated rings. The molecule has 1 atom stereocenters. The number of piperazine rings is 1. The Morgan fingerprint density at radius 1 is 1.42 bits per heavy atom. The molecule has 1 N–H and O–H groups in total. The van der Waals surface area contributed by atoms with Crippen LogP contribution in [0, 0.1) is 0 Å². The van der Waals surface area contributed by atoms with E-state index in [0.29, 0.717) is 0 Å². The molecule has 1 saturated heterocycles. The fraction of sp³-hybridized carbons (Fsp3) is 0.833. The number of amides is 1. The topological polar surface area (TPSA) is 32.3 Å². The van der Waals surface area contributed by atoms with Crippen LogP contribution in [-0.4, -0.2) is 43.2 Å². The van der Waals surface area contributed by atoms with Crippen molar-refractivity contribution >= 4 is 5.91 Å². The summed E-state index contributed by atoms with van der Waals surface area (Å²) in [4.78, 5) is 11.5. The Labute approximate surface area is 67.5 Å². The zero-order chi connectivity index (χ0) is 9.14. The van der Waals surface area contributed by atoms with Crippen molar-refractivity contribution in [1.82, 2.24) is 10.2 Å². The first-order valence-corrected chi connectivity index (χ1v) is 3.54. The Balaban J connectivity index is 2.45. The van der Waals surface area contributed by atoms with Crippen LogP contribution < -0.4 is 5.32 Å². The second-order valence-electron chi connectivity index (χ2n) is 2.53. The molecule has 0 aliphatic carbocycles. The fourth-order valence-corrected chi connectivity index (χ4v) is 1.03. The average molecular weight is 182 g/mol. The highest BCUT2D eigenvalue weighted by molar-refractivity contribution is 5.78. The van der Waals surface area contributed by atoms with Crippen LogP contribution >= 0.6 is 0 Å². The summed E-state index contributed by atoms with van der Waals surface area (Å²) in [7, 11) is 0. The summed E-state index contributed by atoms with van der Waals surface area (Å²) in [5.74, 6) is -0.412. The van der Waals surface area contributed by atoms with Crippen molar-refractivity contribution in [2.45, 2.75) is 12.7 Å². The molecule has 0 aromatic carbocycles. The first kappa shape index (κ1) is 9.31. The number of carbonyl (C=O) groups is 1. The van der Waals surface area contributed by atoms with Crippen LogP contribution in [0.3, 0.4) is 0 Å². The van der Waals surface area contributed by atoms with E-state index in [9.17, 15) is 18.0 Å². The van der Waals surface area contributed by atoms with E-state index in [-0.39, 0.29) is 19.6 Å². The molecule has 0 saturated carbocycles. The second kappa shape index (κ2) is 3.75. The van der Waals surface area contributed by atoms with Gasteiger partial charge in [-0.1, -0.05) is 0 Å². The largest absolute Gasteiger partial charge is 0.354 e. The summed E-state index contributed by atoms with van der Waals surface area (Å²) in [5.41, 5.74) is 0. The molecule has 0 spiro atoms. The number of nitrogens with zero attached hydrogens (tertiary/aromatic N) is 1. The molecule has 3 nitrogen and oxygen atoms in total. The summed E-state index contributed by atoms with van der Waals surface area (Å²) in [6, 6.07) is 0. The van der Waals surface area contributed by atoms with Crippen molar-refractivity contribution in [3.05, 3.63) is 0 Å². The number of halogens is 3. The molecule has 0 aromatic heterocycles. The molecule has 1 aliphatic rings. The smallest absolute Gasteiger partial charge is 0.282 e. The Kier molecular flexibility index (Phi) is 2.91. The quantitative estimate of drug-likeness (QED) is 0.608. The minimum Gasteiger partial charge on any atom is -0.354 e. The molecule has 70 valence electrons. The number of alkyl halides is 3. The normalized spacial score (nSPS) is 22.5. The lowest BCUT2D eigenvalue weighted by Gasteiger charge is -2.28. The third kappa shape index (κ3) is 2.10. The van der Waals surface area contributed by atoms with Crippen LogP contribution in [0.15, 0.2) is 0 Å². The van der Waals surface area contributed by atoms with Gasteiger partial charge in [0.15, 0.2) is 0 Å². The molecule has 1 rings (SSSR count). The summed E-state index contributed by atoms with van der Waals surface area (Å²) in [5, 5.41) is 2.41. The minimum atomic E-state index is -3.05. The fourth-order valence-electron chi connectivity index (χ4n) is 1.03. The maximum absolute atomic E-state index is 12.6. The lowest BCUT2D eigenvalue weighted by molar-refractivity contribution is -0.130. The van der Waals surface area contributed by atoms with E-state index in [1.54, 1.807) is 0 Å². The van der Waals surface area contributed by atoms with Crippen molar-refractivity contribution in [1.29, 1.82) is 0 Å².